The minimum Gasteiger partial charge on any atom is -0.466 e. The first kappa shape index (κ1) is 23.5. The first-order valence-corrected chi connectivity index (χ1v) is 10.9. The second-order valence-corrected chi connectivity index (χ2v) is 8.18. The van der Waals surface area contributed by atoms with Gasteiger partial charge in [-0.1, -0.05) is 43.8 Å². The van der Waals surface area contributed by atoms with E-state index in [1.54, 1.807) is 6.92 Å². The van der Waals surface area contributed by atoms with Crippen LogP contribution in [0.15, 0.2) is 0 Å². The minimum absolute atomic E-state index is 0.149. The lowest BCUT2D eigenvalue weighted by atomic mass is 10.1. The number of carbonyl (C=O) groups excluding carboxylic acids is 3. The van der Waals surface area contributed by atoms with Gasteiger partial charge in [0, 0.05) is 30.3 Å². The summed E-state index contributed by atoms with van der Waals surface area (Å²) < 4.78 is 4.92. The second kappa shape index (κ2) is 16.0. The van der Waals surface area contributed by atoms with Gasteiger partial charge in [0.1, 0.15) is 0 Å². The Balaban J connectivity index is 4.15. The Bertz CT molecular complexity index is 372. The number of hydrogen-bond acceptors (Lipinski definition) is 6. The number of esters is 1. The van der Waals surface area contributed by atoms with Gasteiger partial charge in [-0.25, -0.2) is 0 Å². The molecule has 0 aliphatic rings. The van der Waals surface area contributed by atoms with Gasteiger partial charge < -0.3 is 4.74 Å². The third kappa shape index (κ3) is 13.9. The molecular weight excluding hydrogens is 344 g/mol. The maximum Gasteiger partial charge on any atom is 0.305 e. The summed E-state index contributed by atoms with van der Waals surface area (Å²) in [5, 5.41) is 0.717. The summed E-state index contributed by atoms with van der Waals surface area (Å²) in [6.45, 7) is 6.24. The second-order valence-electron chi connectivity index (χ2n) is 5.67. The van der Waals surface area contributed by atoms with Crippen molar-refractivity contribution in [1.82, 2.24) is 0 Å². The quantitative estimate of drug-likeness (QED) is 0.314. The molecule has 0 amide bonds. The van der Waals surface area contributed by atoms with Gasteiger partial charge in [0.15, 0.2) is 10.2 Å². The van der Waals surface area contributed by atoms with Crippen LogP contribution in [0.3, 0.4) is 0 Å². The zero-order valence-corrected chi connectivity index (χ0v) is 16.9. The number of unbranched alkanes of at least 4 members (excludes halogenated alkanes) is 1. The zero-order valence-electron chi connectivity index (χ0n) is 15.3. The zero-order chi connectivity index (χ0) is 18.2. The van der Waals surface area contributed by atoms with Crippen LogP contribution >= 0.6 is 23.5 Å². The number of thioether (sulfide) groups is 2. The van der Waals surface area contributed by atoms with Gasteiger partial charge in [0.25, 0.3) is 0 Å². The van der Waals surface area contributed by atoms with E-state index in [9.17, 15) is 14.4 Å². The molecule has 0 rings (SSSR count). The van der Waals surface area contributed by atoms with E-state index in [4.69, 9.17) is 4.74 Å². The Morgan fingerprint density at radius 3 is 2.17 bits per heavy atom. The minimum atomic E-state index is -0.149. The average Bonchev–Trinajstić information content (AvgIpc) is 2.52. The molecule has 0 fully saturated rings. The smallest absolute Gasteiger partial charge is 0.305 e. The molecule has 0 bridgehead atoms. The Kier molecular flexibility index (Phi) is 15.7. The fraction of sp³-hybridized carbons (Fsp3) is 0.833. The molecular formula is C18H32O4S2. The van der Waals surface area contributed by atoms with Gasteiger partial charge in [-0.3, -0.25) is 14.4 Å². The standard InChI is InChI=1S/C18H32O4S2/c1-4-9-17(20)23-14-13-15(24-18(21)10-5-2)11-7-8-12-16(19)22-6-3/h15H,4-14H2,1-3H3. The topological polar surface area (TPSA) is 60.4 Å². The molecule has 0 spiro atoms. The Morgan fingerprint density at radius 2 is 1.54 bits per heavy atom. The van der Waals surface area contributed by atoms with Crippen LogP contribution in [0.2, 0.25) is 0 Å². The van der Waals surface area contributed by atoms with E-state index < -0.39 is 0 Å². The SMILES string of the molecule is CCCC(=O)SCCC(CCCCC(=O)OCC)SC(=O)CCC. The number of hydrogen-bond donors (Lipinski definition) is 0. The third-order valence-corrected chi connectivity index (χ3v) is 5.61. The lowest BCUT2D eigenvalue weighted by Crippen LogP contribution is -2.10. The summed E-state index contributed by atoms with van der Waals surface area (Å²) in [5.41, 5.74) is 0. The molecule has 0 aliphatic heterocycles. The molecule has 0 aromatic rings. The van der Waals surface area contributed by atoms with Crippen LogP contribution in [0.1, 0.15) is 78.6 Å². The van der Waals surface area contributed by atoms with Crippen molar-refractivity contribution >= 4 is 39.7 Å². The molecule has 1 unspecified atom stereocenters. The molecule has 4 nitrogen and oxygen atoms in total. The van der Waals surface area contributed by atoms with Crippen molar-refractivity contribution in [3.05, 3.63) is 0 Å². The third-order valence-electron chi connectivity index (χ3n) is 3.37. The maximum atomic E-state index is 11.9. The molecule has 0 aromatic heterocycles. The predicted octanol–water partition coefficient (Wildman–Crippen LogP) is 4.99. The van der Waals surface area contributed by atoms with Crippen molar-refractivity contribution in [2.45, 2.75) is 83.8 Å². The van der Waals surface area contributed by atoms with E-state index in [2.05, 4.69) is 0 Å². The summed E-state index contributed by atoms with van der Waals surface area (Å²) in [7, 11) is 0. The lowest BCUT2D eigenvalue weighted by Gasteiger charge is -2.15. The van der Waals surface area contributed by atoms with Gasteiger partial charge in [0.2, 0.25) is 0 Å². The maximum absolute atomic E-state index is 11.9. The van der Waals surface area contributed by atoms with E-state index >= 15 is 0 Å². The first-order chi connectivity index (χ1) is 11.5. The predicted molar refractivity (Wildman–Crippen MR) is 103 cm³/mol. The average molecular weight is 377 g/mol. The summed E-state index contributed by atoms with van der Waals surface area (Å²) in [5.74, 6) is 0.623. The van der Waals surface area contributed by atoms with E-state index in [0.717, 1.165) is 44.3 Å². The fourth-order valence-electron chi connectivity index (χ4n) is 2.17. The number of carbonyl (C=O) groups is 3. The van der Waals surface area contributed by atoms with Gasteiger partial charge in [0.05, 0.1) is 6.61 Å². The van der Waals surface area contributed by atoms with Crippen molar-refractivity contribution in [2.75, 3.05) is 12.4 Å². The van der Waals surface area contributed by atoms with Crippen LogP contribution in [0.4, 0.5) is 0 Å². The molecule has 6 heteroatoms. The molecule has 0 radical (unpaired) electrons. The van der Waals surface area contributed by atoms with Crippen LogP contribution in [0.5, 0.6) is 0 Å². The van der Waals surface area contributed by atoms with E-state index in [-0.39, 0.29) is 21.4 Å². The number of ether oxygens (including phenoxy) is 1. The first-order valence-electron chi connectivity index (χ1n) is 9.04. The normalized spacial score (nSPS) is 12.0. The molecule has 1 atom stereocenters. The Hall–Kier alpha value is -0.490. The van der Waals surface area contributed by atoms with Gasteiger partial charge in [-0.2, -0.15) is 0 Å². The van der Waals surface area contributed by atoms with Crippen LogP contribution in [0.25, 0.3) is 0 Å². The molecule has 24 heavy (non-hydrogen) atoms. The highest BCUT2D eigenvalue weighted by atomic mass is 32.2. The van der Waals surface area contributed by atoms with Gasteiger partial charge in [-0.15, -0.1) is 0 Å². The molecule has 0 aromatic carbocycles. The van der Waals surface area contributed by atoms with E-state index in [1.807, 2.05) is 13.8 Å². The van der Waals surface area contributed by atoms with Gasteiger partial charge >= 0.3 is 5.97 Å². The van der Waals surface area contributed by atoms with Crippen LogP contribution < -0.4 is 0 Å². The lowest BCUT2D eigenvalue weighted by molar-refractivity contribution is -0.143. The van der Waals surface area contributed by atoms with Crippen molar-refractivity contribution < 1.29 is 19.1 Å². The molecule has 0 saturated heterocycles. The fourth-order valence-corrected chi connectivity index (χ4v) is 4.51. The molecule has 0 N–H and O–H groups in total. The van der Waals surface area contributed by atoms with Crippen molar-refractivity contribution in [1.29, 1.82) is 0 Å². The van der Waals surface area contributed by atoms with E-state index in [1.165, 1.54) is 23.5 Å². The Labute approximate surface area is 155 Å². The van der Waals surface area contributed by atoms with Crippen molar-refractivity contribution in [3.63, 3.8) is 0 Å². The summed E-state index contributed by atoms with van der Waals surface area (Å²) in [6.07, 6.45) is 6.88. The van der Waals surface area contributed by atoms with Crippen LogP contribution in [-0.4, -0.2) is 33.8 Å². The van der Waals surface area contributed by atoms with Gasteiger partial charge in [-0.05, 0) is 39.0 Å². The molecule has 140 valence electrons. The highest BCUT2D eigenvalue weighted by Gasteiger charge is 2.15. The summed E-state index contributed by atoms with van der Waals surface area (Å²) >= 11 is 2.81. The molecule has 0 heterocycles. The van der Waals surface area contributed by atoms with E-state index in [0.29, 0.717) is 25.9 Å². The largest absolute Gasteiger partial charge is 0.466 e. The van der Waals surface area contributed by atoms with Crippen molar-refractivity contribution in [2.24, 2.45) is 0 Å². The molecule has 0 aliphatic carbocycles. The van der Waals surface area contributed by atoms with Crippen molar-refractivity contribution in [3.8, 4) is 0 Å². The Morgan fingerprint density at radius 1 is 0.875 bits per heavy atom. The summed E-state index contributed by atoms with van der Waals surface area (Å²) in [6, 6.07) is 0. The van der Waals surface area contributed by atoms with Crippen LogP contribution in [-0.2, 0) is 19.1 Å². The highest BCUT2D eigenvalue weighted by Crippen LogP contribution is 2.25. The van der Waals surface area contributed by atoms with Crippen LogP contribution in [0, 0.1) is 0 Å². The number of rotatable bonds is 14. The highest BCUT2D eigenvalue weighted by molar-refractivity contribution is 8.14. The monoisotopic (exact) mass is 376 g/mol. The summed E-state index contributed by atoms with van der Waals surface area (Å²) in [4.78, 5) is 34.8. The molecule has 0 saturated carbocycles.